The van der Waals surface area contributed by atoms with Gasteiger partial charge >= 0.3 is 0 Å². The van der Waals surface area contributed by atoms with Crippen LogP contribution in [0.2, 0.25) is 0 Å². The Morgan fingerprint density at radius 3 is 1.52 bits per heavy atom. The Labute approximate surface area is 149 Å². The van der Waals surface area contributed by atoms with E-state index < -0.39 is 0 Å². The molecule has 0 spiro atoms. The van der Waals surface area contributed by atoms with E-state index in [2.05, 4.69) is 103 Å². The highest BCUT2D eigenvalue weighted by molar-refractivity contribution is 5.97. The predicted octanol–water partition coefficient (Wildman–Crippen LogP) is 5.65. The van der Waals surface area contributed by atoms with Gasteiger partial charge in [0, 0.05) is 17.7 Å². The average Bonchev–Trinajstić information content (AvgIpc) is 3.05. The Bertz CT molecular complexity index is 789. The zero-order valence-corrected chi connectivity index (χ0v) is 14.7. The van der Waals surface area contributed by atoms with E-state index in [0.717, 1.165) is 17.9 Å². The highest BCUT2D eigenvalue weighted by Crippen LogP contribution is 2.44. The van der Waals surface area contributed by atoms with Gasteiger partial charge in [-0.15, -0.1) is 5.12 Å². The van der Waals surface area contributed by atoms with Crippen molar-refractivity contribution in [2.75, 3.05) is 17.4 Å². The van der Waals surface area contributed by atoms with Gasteiger partial charge in [-0.05, 0) is 17.0 Å². The maximum atomic E-state index is 3.57. The molecule has 0 fully saturated rings. The first-order valence-electron chi connectivity index (χ1n) is 8.81. The number of hydrazine groups is 2. The lowest BCUT2D eigenvalue weighted by Gasteiger charge is -2.18. The van der Waals surface area contributed by atoms with Gasteiger partial charge in [-0.25, -0.2) is 0 Å². The minimum Gasteiger partial charge on any atom is -0.299 e. The Kier molecular flexibility index (Phi) is 4.16. The number of nitrogens with one attached hydrogen (secondary N) is 2. The summed E-state index contributed by atoms with van der Waals surface area (Å²) in [7, 11) is 0. The molecule has 0 atom stereocenters. The standard InChI is InChI=1S/C22H23N3/c1-16(2)15-25-23-21-19(17-9-5-3-6-10-17)13-14-20(22(21)24-25)18-11-7-4-8-12-18/h3-14,16,23-24H,15H2,1-2H3. The third kappa shape index (κ3) is 3.11. The van der Waals surface area contributed by atoms with Crippen LogP contribution in [0, 0.1) is 5.92 Å². The van der Waals surface area contributed by atoms with Gasteiger partial charge in [0.2, 0.25) is 0 Å². The van der Waals surface area contributed by atoms with Crippen LogP contribution in [0.5, 0.6) is 0 Å². The molecule has 0 unspecified atom stereocenters. The van der Waals surface area contributed by atoms with E-state index in [-0.39, 0.29) is 0 Å². The molecule has 3 nitrogen and oxygen atoms in total. The molecule has 0 saturated carbocycles. The molecule has 2 N–H and O–H groups in total. The molecule has 0 aliphatic carbocycles. The van der Waals surface area contributed by atoms with Crippen LogP contribution in [0.25, 0.3) is 22.3 Å². The number of nitrogens with zero attached hydrogens (tertiary/aromatic N) is 1. The lowest BCUT2D eigenvalue weighted by Crippen LogP contribution is -2.33. The first-order valence-corrected chi connectivity index (χ1v) is 8.81. The number of anilines is 2. The molecule has 4 rings (SSSR count). The van der Waals surface area contributed by atoms with Gasteiger partial charge in [0.05, 0.1) is 11.4 Å². The van der Waals surface area contributed by atoms with Crippen LogP contribution in [0.15, 0.2) is 72.8 Å². The van der Waals surface area contributed by atoms with E-state index >= 15 is 0 Å². The van der Waals surface area contributed by atoms with Crippen molar-refractivity contribution in [3.05, 3.63) is 72.8 Å². The second kappa shape index (κ2) is 6.61. The third-order valence-corrected chi connectivity index (χ3v) is 4.42. The van der Waals surface area contributed by atoms with E-state index in [0.29, 0.717) is 5.92 Å². The zero-order chi connectivity index (χ0) is 17.2. The molecule has 3 aromatic rings. The molecule has 0 bridgehead atoms. The molecule has 0 aromatic heterocycles. The van der Waals surface area contributed by atoms with E-state index in [1.807, 2.05) is 0 Å². The Morgan fingerprint density at radius 1 is 0.680 bits per heavy atom. The van der Waals surface area contributed by atoms with Crippen molar-refractivity contribution in [2.45, 2.75) is 13.8 Å². The second-order valence-corrected chi connectivity index (χ2v) is 6.87. The van der Waals surface area contributed by atoms with Gasteiger partial charge in [0.15, 0.2) is 0 Å². The second-order valence-electron chi connectivity index (χ2n) is 6.87. The Hall–Kier alpha value is -2.78. The van der Waals surface area contributed by atoms with Gasteiger partial charge in [-0.2, -0.15) is 0 Å². The highest BCUT2D eigenvalue weighted by Gasteiger charge is 2.25. The monoisotopic (exact) mass is 329 g/mol. The lowest BCUT2D eigenvalue weighted by molar-refractivity contribution is 0.356. The normalized spacial score (nSPS) is 13.4. The van der Waals surface area contributed by atoms with Crippen molar-refractivity contribution in [1.82, 2.24) is 5.12 Å². The summed E-state index contributed by atoms with van der Waals surface area (Å²) in [6.45, 7) is 5.38. The number of hydrogen-bond donors (Lipinski definition) is 2. The van der Waals surface area contributed by atoms with Crippen molar-refractivity contribution in [2.24, 2.45) is 5.92 Å². The molecule has 1 aliphatic heterocycles. The topological polar surface area (TPSA) is 27.3 Å². The summed E-state index contributed by atoms with van der Waals surface area (Å²) in [5.74, 6) is 0.565. The van der Waals surface area contributed by atoms with Crippen molar-refractivity contribution in [1.29, 1.82) is 0 Å². The van der Waals surface area contributed by atoms with Crippen LogP contribution < -0.4 is 10.9 Å². The van der Waals surface area contributed by atoms with Crippen LogP contribution in [0.1, 0.15) is 13.8 Å². The molecule has 1 aliphatic rings. The summed E-state index contributed by atoms with van der Waals surface area (Å²) < 4.78 is 0. The van der Waals surface area contributed by atoms with E-state index in [9.17, 15) is 0 Å². The van der Waals surface area contributed by atoms with Gasteiger partial charge < -0.3 is 0 Å². The quantitative estimate of drug-likeness (QED) is 0.648. The molecule has 0 saturated heterocycles. The first-order chi connectivity index (χ1) is 12.2. The van der Waals surface area contributed by atoms with Crippen molar-refractivity contribution in [3.63, 3.8) is 0 Å². The average molecular weight is 329 g/mol. The molecule has 126 valence electrons. The summed E-state index contributed by atoms with van der Waals surface area (Å²) in [6, 6.07) is 25.5. The minimum absolute atomic E-state index is 0.565. The molecular formula is C22H23N3. The van der Waals surface area contributed by atoms with Crippen molar-refractivity contribution in [3.8, 4) is 22.3 Å². The fourth-order valence-electron chi connectivity index (χ4n) is 3.31. The Balaban J connectivity index is 1.82. The Morgan fingerprint density at radius 2 is 1.12 bits per heavy atom. The maximum Gasteiger partial charge on any atom is 0.0837 e. The zero-order valence-electron chi connectivity index (χ0n) is 14.7. The maximum absolute atomic E-state index is 3.57. The summed E-state index contributed by atoms with van der Waals surface area (Å²) >= 11 is 0. The third-order valence-electron chi connectivity index (χ3n) is 4.42. The number of fused-ring (bicyclic) bond motifs is 1. The van der Waals surface area contributed by atoms with Crippen LogP contribution in [-0.4, -0.2) is 11.7 Å². The van der Waals surface area contributed by atoms with Crippen molar-refractivity contribution >= 4 is 11.4 Å². The number of rotatable bonds is 4. The predicted molar refractivity (Wildman–Crippen MR) is 106 cm³/mol. The summed E-state index contributed by atoms with van der Waals surface area (Å²) in [6.07, 6.45) is 0. The van der Waals surface area contributed by atoms with Crippen LogP contribution in [-0.2, 0) is 0 Å². The smallest absolute Gasteiger partial charge is 0.0837 e. The molecule has 0 radical (unpaired) electrons. The van der Waals surface area contributed by atoms with Gasteiger partial charge in [-0.1, -0.05) is 86.6 Å². The molecule has 1 heterocycles. The SMILES string of the molecule is CC(C)CN1Nc2c(-c3ccccc3)ccc(-c3ccccc3)c2N1. The number of hydrogen-bond acceptors (Lipinski definition) is 3. The van der Waals surface area contributed by atoms with Crippen LogP contribution >= 0.6 is 0 Å². The molecule has 3 aromatic carbocycles. The number of benzene rings is 3. The largest absolute Gasteiger partial charge is 0.299 e. The van der Waals surface area contributed by atoms with Crippen LogP contribution in [0.3, 0.4) is 0 Å². The fourth-order valence-corrected chi connectivity index (χ4v) is 3.31. The highest BCUT2D eigenvalue weighted by atomic mass is 15.8. The van der Waals surface area contributed by atoms with E-state index in [4.69, 9.17) is 0 Å². The summed E-state index contributed by atoms with van der Waals surface area (Å²) in [4.78, 5) is 0. The molecular weight excluding hydrogens is 306 g/mol. The molecule has 0 amide bonds. The lowest BCUT2D eigenvalue weighted by atomic mass is 9.96. The summed E-state index contributed by atoms with van der Waals surface area (Å²) in [5, 5.41) is 2.09. The van der Waals surface area contributed by atoms with E-state index in [1.165, 1.54) is 22.3 Å². The van der Waals surface area contributed by atoms with Gasteiger partial charge in [0.1, 0.15) is 0 Å². The minimum atomic E-state index is 0.565. The molecule has 25 heavy (non-hydrogen) atoms. The fraction of sp³-hybridized carbons (Fsp3) is 0.182. The summed E-state index contributed by atoms with van der Waals surface area (Å²) in [5.41, 5.74) is 14.3. The van der Waals surface area contributed by atoms with E-state index in [1.54, 1.807) is 0 Å². The first kappa shape index (κ1) is 15.7. The van der Waals surface area contributed by atoms with Crippen LogP contribution in [0.4, 0.5) is 11.4 Å². The molecule has 3 heteroatoms. The van der Waals surface area contributed by atoms with Gasteiger partial charge in [-0.3, -0.25) is 10.9 Å². The van der Waals surface area contributed by atoms with Crippen molar-refractivity contribution < 1.29 is 0 Å². The van der Waals surface area contributed by atoms with Gasteiger partial charge in [0.25, 0.3) is 0 Å².